The van der Waals surface area contributed by atoms with Gasteiger partial charge in [-0.1, -0.05) is 23.4 Å². The Hall–Kier alpha value is -2.06. The van der Waals surface area contributed by atoms with Crippen molar-refractivity contribution in [3.05, 3.63) is 47.8 Å². The van der Waals surface area contributed by atoms with Crippen molar-refractivity contribution in [2.75, 3.05) is 19.4 Å². The summed E-state index contributed by atoms with van der Waals surface area (Å²) in [6.07, 6.45) is 0.413. The van der Waals surface area contributed by atoms with Crippen LogP contribution in [0.25, 0.3) is 0 Å². The van der Waals surface area contributed by atoms with Crippen LogP contribution in [0.1, 0.15) is 29.9 Å². The minimum atomic E-state index is -3.35. The largest absolute Gasteiger partial charge is 0.455 e. The molecule has 0 aliphatic carbocycles. The van der Waals surface area contributed by atoms with Gasteiger partial charge in [-0.05, 0) is 26.0 Å². The predicted octanol–water partition coefficient (Wildman–Crippen LogP) is 2.26. The summed E-state index contributed by atoms with van der Waals surface area (Å²) in [6.45, 7) is 3.88. The van der Waals surface area contributed by atoms with Crippen molar-refractivity contribution < 1.29 is 28.3 Å². The number of hydrogen-bond acceptors (Lipinski definition) is 8. The van der Waals surface area contributed by atoms with Crippen LogP contribution in [0.2, 0.25) is 0 Å². The number of aliphatic hydroxyl groups excluding tert-OH is 1. The number of nitrogens with zero attached hydrogens (tertiary/aromatic N) is 3. The molecule has 1 aromatic carbocycles. The van der Waals surface area contributed by atoms with E-state index in [2.05, 4.69) is 10.3 Å². The van der Waals surface area contributed by atoms with Gasteiger partial charge in [0.15, 0.2) is 0 Å². The van der Waals surface area contributed by atoms with Gasteiger partial charge in [0, 0.05) is 0 Å². The van der Waals surface area contributed by atoms with E-state index in [9.17, 15) is 14.5 Å². The molecule has 1 atom stereocenters. The molecular weight excluding hydrogens is 373 g/mol. The molecule has 0 aliphatic heterocycles. The highest BCUT2D eigenvalue weighted by Gasteiger charge is 2.28. The van der Waals surface area contributed by atoms with Gasteiger partial charge in [0.05, 0.1) is 43.8 Å². The van der Waals surface area contributed by atoms with Gasteiger partial charge in [-0.2, -0.15) is 0 Å². The topological polar surface area (TPSA) is 113 Å². The zero-order valence-corrected chi connectivity index (χ0v) is 16.2. The van der Waals surface area contributed by atoms with Crippen molar-refractivity contribution in [1.29, 1.82) is 0 Å². The summed E-state index contributed by atoms with van der Waals surface area (Å²) in [5.74, 6) is -0.459. The smallest absolute Gasteiger partial charge is 0.338 e. The van der Waals surface area contributed by atoms with Crippen LogP contribution in [-0.4, -0.2) is 51.5 Å². The van der Waals surface area contributed by atoms with Crippen LogP contribution in [0.15, 0.2) is 36.5 Å². The van der Waals surface area contributed by atoms with E-state index in [1.807, 2.05) is 6.07 Å². The fourth-order valence-electron chi connectivity index (χ4n) is 2.36. The first-order valence-electron chi connectivity index (χ1n) is 8.63. The molecule has 0 radical (unpaired) electrons. The number of hydrogen-bond donors (Lipinski definition) is 1. The Labute approximate surface area is 157 Å². The van der Waals surface area contributed by atoms with E-state index < -0.39 is 19.7 Å². The first-order chi connectivity index (χ1) is 13.0. The summed E-state index contributed by atoms with van der Waals surface area (Å²) in [4.78, 5) is 11.9. The molecule has 2 aromatic rings. The van der Waals surface area contributed by atoms with Crippen molar-refractivity contribution in [3.63, 3.8) is 0 Å². The van der Waals surface area contributed by atoms with E-state index >= 15 is 0 Å². The van der Waals surface area contributed by atoms with Gasteiger partial charge in [0.2, 0.25) is 0 Å². The summed E-state index contributed by atoms with van der Waals surface area (Å²) in [6, 6.07) is 8.62. The molecule has 0 aliphatic rings. The number of carbonyl (C=O) groups is 1. The molecule has 27 heavy (non-hydrogen) atoms. The lowest BCUT2D eigenvalue weighted by atomic mass is 10.2. The Morgan fingerprint density at radius 1 is 1.22 bits per heavy atom. The Morgan fingerprint density at radius 3 is 2.52 bits per heavy atom. The van der Waals surface area contributed by atoms with Crippen molar-refractivity contribution >= 4 is 13.6 Å². The van der Waals surface area contributed by atoms with Crippen LogP contribution < -0.4 is 0 Å². The van der Waals surface area contributed by atoms with Gasteiger partial charge in [-0.25, -0.2) is 9.48 Å². The molecule has 0 bridgehead atoms. The third-order valence-corrected chi connectivity index (χ3v) is 5.60. The highest BCUT2D eigenvalue weighted by atomic mass is 31.2. The van der Waals surface area contributed by atoms with Crippen molar-refractivity contribution in [2.45, 2.75) is 33.1 Å². The summed E-state index contributed by atoms with van der Waals surface area (Å²) in [7, 11) is -3.35. The maximum Gasteiger partial charge on any atom is 0.338 e. The Bertz CT molecular complexity index is 757. The Morgan fingerprint density at radius 2 is 1.89 bits per heavy atom. The minimum Gasteiger partial charge on any atom is -0.455 e. The maximum atomic E-state index is 12.4. The van der Waals surface area contributed by atoms with E-state index in [0.717, 1.165) is 0 Å². The number of ether oxygens (including phenoxy) is 1. The fourth-order valence-corrected chi connectivity index (χ4v) is 4.06. The average Bonchev–Trinajstić information content (AvgIpc) is 3.07. The van der Waals surface area contributed by atoms with Gasteiger partial charge < -0.3 is 18.9 Å². The lowest BCUT2D eigenvalue weighted by molar-refractivity contribution is 0.0467. The molecule has 0 fully saturated rings. The maximum absolute atomic E-state index is 12.4. The fraction of sp³-hybridized carbons (Fsp3) is 0.471. The van der Waals surface area contributed by atoms with Crippen LogP contribution in [0.3, 0.4) is 0 Å². The van der Waals surface area contributed by atoms with E-state index in [1.165, 1.54) is 4.68 Å². The lowest BCUT2D eigenvalue weighted by Gasteiger charge is -2.19. The van der Waals surface area contributed by atoms with Crippen molar-refractivity contribution in [3.8, 4) is 0 Å². The third kappa shape index (κ3) is 6.88. The molecule has 0 spiro atoms. The first kappa shape index (κ1) is 21.2. The zero-order valence-electron chi connectivity index (χ0n) is 15.4. The van der Waals surface area contributed by atoms with E-state index in [1.54, 1.807) is 44.3 Å². The van der Waals surface area contributed by atoms with Crippen molar-refractivity contribution in [1.82, 2.24) is 15.0 Å². The zero-order chi connectivity index (χ0) is 19.7. The number of aromatic nitrogens is 3. The lowest BCUT2D eigenvalue weighted by Crippen LogP contribution is -2.22. The standard InChI is InChI=1S/C17H24N3O6P/c1-3-25-27(23,26-4-2)13-16(21)11-20-10-15(18-19-20)12-24-17(22)14-8-6-5-7-9-14/h5-10,16,21H,3-4,11-13H2,1-2H3/t16-/m1/s1. The van der Waals surface area contributed by atoms with E-state index in [0.29, 0.717) is 11.3 Å². The predicted molar refractivity (Wildman–Crippen MR) is 97.3 cm³/mol. The molecule has 1 N–H and O–H groups in total. The molecule has 0 unspecified atom stereocenters. The molecule has 1 aromatic heterocycles. The second kappa shape index (κ2) is 10.3. The summed E-state index contributed by atoms with van der Waals surface area (Å²) < 4.78 is 29.3. The van der Waals surface area contributed by atoms with Crippen LogP contribution in [0.4, 0.5) is 0 Å². The average molecular weight is 397 g/mol. The third-order valence-electron chi connectivity index (χ3n) is 3.43. The van der Waals surface area contributed by atoms with Crippen molar-refractivity contribution in [2.24, 2.45) is 0 Å². The second-order valence-electron chi connectivity index (χ2n) is 5.66. The number of rotatable bonds is 11. The summed E-state index contributed by atoms with van der Waals surface area (Å²) in [5, 5.41) is 17.9. The molecule has 0 saturated carbocycles. The van der Waals surface area contributed by atoms with Crippen LogP contribution in [0.5, 0.6) is 0 Å². The second-order valence-corrected chi connectivity index (χ2v) is 7.76. The van der Waals surface area contributed by atoms with Gasteiger partial charge >= 0.3 is 13.6 Å². The quantitative estimate of drug-likeness (QED) is 0.454. The molecule has 10 heteroatoms. The van der Waals surface area contributed by atoms with Crippen LogP contribution in [0, 0.1) is 0 Å². The summed E-state index contributed by atoms with van der Waals surface area (Å²) >= 11 is 0. The molecule has 0 saturated heterocycles. The van der Waals surface area contributed by atoms with E-state index in [-0.39, 0.29) is 32.5 Å². The first-order valence-corrected chi connectivity index (χ1v) is 10.4. The van der Waals surface area contributed by atoms with Gasteiger partial charge in [0.25, 0.3) is 0 Å². The summed E-state index contributed by atoms with van der Waals surface area (Å²) in [5.41, 5.74) is 0.882. The van der Waals surface area contributed by atoms with E-state index in [4.69, 9.17) is 13.8 Å². The number of esters is 1. The van der Waals surface area contributed by atoms with Crippen LogP contribution >= 0.6 is 7.60 Å². The highest BCUT2D eigenvalue weighted by Crippen LogP contribution is 2.48. The molecule has 1 heterocycles. The van der Waals surface area contributed by atoms with Gasteiger partial charge in [-0.3, -0.25) is 4.57 Å². The highest BCUT2D eigenvalue weighted by molar-refractivity contribution is 7.53. The van der Waals surface area contributed by atoms with Gasteiger partial charge in [-0.15, -0.1) is 5.10 Å². The number of aliphatic hydroxyl groups is 1. The monoisotopic (exact) mass is 397 g/mol. The Balaban J connectivity index is 1.86. The molecule has 2 rings (SSSR count). The Kier molecular flexibility index (Phi) is 8.12. The minimum absolute atomic E-state index is 0.0415. The molecule has 9 nitrogen and oxygen atoms in total. The van der Waals surface area contributed by atoms with Gasteiger partial charge in [0.1, 0.15) is 12.3 Å². The molecular formula is C17H24N3O6P. The normalized spacial score (nSPS) is 12.7. The number of carbonyl (C=O) groups excluding carboxylic acids is 1. The molecule has 148 valence electrons. The van der Waals surface area contributed by atoms with Crippen LogP contribution in [-0.2, 0) is 31.5 Å². The SMILES string of the molecule is CCOP(=O)(C[C@H](O)Cn1cc(COC(=O)c2ccccc2)nn1)OCC. The number of benzene rings is 1. The molecule has 0 amide bonds.